The number of hydrogen-bond acceptors (Lipinski definition) is 5. The number of hydrogen-bond donors (Lipinski definition) is 2. The predicted octanol–water partition coefficient (Wildman–Crippen LogP) is 1.78. The normalized spacial score (nSPS) is 10.1. The third-order valence-electron chi connectivity index (χ3n) is 2.71. The lowest BCUT2D eigenvalue weighted by molar-refractivity contribution is 0.0600. The Labute approximate surface area is 115 Å². The van der Waals surface area contributed by atoms with Gasteiger partial charge in [-0.1, -0.05) is 0 Å². The Hall–Kier alpha value is -2.76. The van der Waals surface area contributed by atoms with Gasteiger partial charge in [0.15, 0.2) is 0 Å². The van der Waals surface area contributed by atoms with Crippen molar-refractivity contribution in [2.75, 3.05) is 12.4 Å². The van der Waals surface area contributed by atoms with Gasteiger partial charge in [-0.15, -0.1) is 0 Å². The van der Waals surface area contributed by atoms with E-state index in [1.54, 1.807) is 30.3 Å². The standard InChI is InChI=1S/C14H14N2O4/c1-19-14(18)10-6-12(20-8-10)7-16-11-4-2-9(3-5-11)13(15)17/h2-6,8,16H,7H2,1H3,(H2,15,17). The summed E-state index contributed by atoms with van der Waals surface area (Å²) in [6, 6.07) is 8.35. The zero-order valence-electron chi connectivity index (χ0n) is 10.9. The number of ether oxygens (including phenoxy) is 1. The number of carbonyl (C=O) groups is 2. The molecule has 2 aromatic rings. The molecule has 0 saturated heterocycles. The summed E-state index contributed by atoms with van der Waals surface area (Å²) in [4.78, 5) is 22.2. The molecule has 0 bridgehead atoms. The summed E-state index contributed by atoms with van der Waals surface area (Å²) >= 11 is 0. The molecule has 3 N–H and O–H groups in total. The van der Waals surface area contributed by atoms with Crippen molar-refractivity contribution in [2.24, 2.45) is 5.73 Å². The number of benzene rings is 1. The number of esters is 1. The highest BCUT2D eigenvalue weighted by atomic mass is 16.5. The van der Waals surface area contributed by atoms with Crippen molar-refractivity contribution in [1.29, 1.82) is 0 Å². The largest absolute Gasteiger partial charge is 0.467 e. The van der Waals surface area contributed by atoms with Gasteiger partial charge in [0.2, 0.25) is 5.91 Å². The quantitative estimate of drug-likeness (QED) is 0.810. The molecule has 1 amide bonds. The monoisotopic (exact) mass is 274 g/mol. The highest BCUT2D eigenvalue weighted by Crippen LogP contribution is 2.13. The van der Waals surface area contributed by atoms with E-state index >= 15 is 0 Å². The Morgan fingerprint density at radius 1 is 1.25 bits per heavy atom. The van der Waals surface area contributed by atoms with Gasteiger partial charge in [0, 0.05) is 11.3 Å². The summed E-state index contributed by atoms with van der Waals surface area (Å²) in [6.07, 6.45) is 1.35. The van der Waals surface area contributed by atoms with Crippen LogP contribution in [0.25, 0.3) is 0 Å². The highest BCUT2D eigenvalue weighted by molar-refractivity contribution is 5.93. The van der Waals surface area contributed by atoms with Gasteiger partial charge in [0.05, 0.1) is 19.2 Å². The molecule has 6 nitrogen and oxygen atoms in total. The first-order valence-electron chi connectivity index (χ1n) is 5.89. The molecule has 1 heterocycles. The molecule has 0 radical (unpaired) electrons. The Balaban J connectivity index is 1.96. The molecular weight excluding hydrogens is 260 g/mol. The van der Waals surface area contributed by atoms with Crippen molar-refractivity contribution >= 4 is 17.6 Å². The van der Waals surface area contributed by atoms with E-state index in [4.69, 9.17) is 10.2 Å². The maximum absolute atomic E-state index is 11.3. The molecule has 104 valence electrons. The number of primary amides is 1. The minimum absolute atomic E-state index is 0.369. The summed E-state index contributed by atoms with van der Waals surface area (Å²) in [7, 11) is 1.31. The number of methoxy groups -OCH3 is 1. The van der Waals surface area contributed by atoms with E-state index in [0.29, 0.717) is 23.4 Å². The molecule has 0 aliphatic heterocycles. The van der Waals surface area contributed by atoms with E-state index in [9.17, 15) is 9.59 Å². The van der Waals surface area contributed by atoms with Crippen molar-refractivity contribution in [3.8, 4) is 0 Å². The van der Waals surface area contributed by atoms with Gasteiger partial charge in [0.25, 0.3) is 0 Å². The molecule has 0 fully saturated rings. The van der Waals surface area contributed by atoms with E-state index in [1.807, 2.05) is 0 Å². The van der Waals surface area contributed by atoms with Crippen LogP contribution in [-0.4, -0.2) is 19.0 Å². The van der Waals surface area contributed by atoms with Gasteiger partial charge in [-0.2, -0.15) is 0 Å². The molecule has 0 unspecified atom stereocenters. The number of nitrogens with two attached hydrogens (primary N) is 1. The number of rotatable bonds is 5. The van der Waals surface area contributed by atoms with Crippen LogP contribution in [0.15, 0.2) is 41.0 Å². The van der Waals surface area contributed by atoms with Crippen LogP contribution >= 0.6 is 0 Å². The number of amides is 1. The molecule has 20 heavy (non-hydrogen) atoms. The lowest BCUT2D eigenvalue weighted by Gasteiger charge is -2.04. The highest BCUT2D eigenvalue weighted by Gasteiger charge is 2.09. The van der Waals surface area contributed by atoms with Crippen LogP contribution in [0.1, 0.15) is 26.5 Å². The van der Waals surface area contributed by atoms with E-state index in [2.05, 4.69) is 10.1 Å². The molecular formula is C14H14N2O4. The van der Waals surface area contributed by atoms with Crippen LogP contribution in [0.5, 0.6) is 0 Å². The maximum atomic E-state index is 11.3. The molecule has 0 aliphatic rings. The molecule has 1 aromatic heterocycles. The Morgan fingerprint density at radius 2 is 1.95 bits per heavy atom. The predicted molar refractivity (Wildman–Crippen MR) is 72.3 cm³/mol. The van der Waals surface area contributed by atoms with Crippen molar-refractivity contribution in [3.05, 3.63) is 53.5 Å². The lowest BCUT2D eigenvalue weighted by Crippen LogP contribution is -2.10. The zero-order chi connectivity index (χ0) is 14.5. The topological polar surface area (TPSA) is 94.6 Å². The second-order valence-corrected chi connectivity index (χ2v) is 4.09. The Kier molecular flexibility index (Phi) is 4.05. The molecule has 2 rings (SSSR count). The fourth-order valence-corrected chi connectivity index (χ4v) is 1.64. The second kappa shape index (κ2) is 5.92. The van der Waals surface area contributed by atoms with Gasteiger partial charge >= 0.3 is 5.97 Å². The fourth-order valence-electron chi connectivity index (χ4n) is 1.64. The van der Waals surface area contributed by atoms with E-state index in [-0.39, 0.29) is 0 Å². The molecule has 0 saturated carbocycles. The van der Waals surface area contributed by atoms with E-state index in [1.165, 1.54) is 13.4 Å². The molecule has 0 aliphatic carbocycles. The average Bonchev–Trinajstić information content (AvgIpc) is 2.93. The van der Waals surface area contributed by atoms with Crippen LogP contribution in [0.2, 0.25) is 0 Å². The van der Waals surface area contributed by atoms with Crippen molar-refractivity contribution in [3.63, 3.8) is 0 Å². The summed E-state index contributed by atoms with van der Waals surface area (Å²) in [5, 5.41) is 3.10. The molecule has 0 atom stereocenters. The van der Waals surface area contributed by atoms with Crippen LogP contribution in [-0.2, 0) is 11.3 Å². The summed E-state index contributed by atoms with van der Waals surface area (Å²) in [6.45, 7) is 0.410. The summed E-state index contributed by atoms with van der Waals surface area (Å²) in [5.74, 6) is -0.305. The molecule has 1 aromatic carbocycles. The fraction of sp³-hybridized carbons (Fsp3) is 0.143. The van der Waals surface area contributed by atoms with E-state index < -0.39 is 11.9 Å². The first kappa shape index (κ1) is 13.7. The van der Waals surface area contributed by atoms with Gasteiger partial charge in [-0.05, 0) is 30.3 Å². The minimum atomic E-state index is -0.467. The number of carbonyl (C=O) groups excluding carboxylic acids is 2. The van der Waals surface area contributed by atoms with Gasteiger partial charge < -0.3 is 20.2 Å². The van der Waals surface area contributed by atoms with Crippen LogP contribution in [0.3, 0.4) is 0 Å². The molecule has 0 spiro atoms. The van der Waals surface area contributed by atoms with E-state index in [0.717, 1.165) is 5.69 Å². The van der Waals surface area contributed by atoms with Crippen molar-refractivity contribution in [1.82, 2.24) is 0 Å². The second-order valence-electron chi connectivity index (χ2n) is 4.09. The van der Waals surface area contributed by atoms with Gasteiger partial charge in [-0.3, -0.25) is 4.79 Å². The van der Waals surface area contributed by atoms with Crippen LogP contribution in [0, 0.1) is 0 Å². The Morgan fingerprint density at radius 3 is 2.55 bits per heavy atom. The third kappa shape index (κ3) is 3.17. The SMILES string of the molecule is COC(=O)c1coc(CNc2ccc(C(N)=O)cc2)c1. The third-order valence-corrected chi connectivity index (χ3v) is 2.71. The smallest absolute Gasteiger partial charge is 0.341 e. The molecule has 6 heteroatoms. The zero-order valence-corrected chi connectivity index (χ0v) is 10.9. The summed E-state index contributed by atoms with van der Waals surface area (Å²) in [5.41, 5.74) is 6.78. The summed E-state index contributed by atoms with van der Waals surface area (Å²) < 4.78 is 9.82. The van der Waals surface area contributed by atoms with Crippen molar-refractivity contribution < 1.29 is 18.7 Å². The van der Waals surface area contributed by atoms with Crippen LogP contribution < -0.4 is 11.1 Å². The van der Waals surface area contributed by atoms with Crippen molar-refractivity contribution in [2.45, 2.75) is 6.54 Å². The first-order valence-corrected chi connectivity index (χ1v) is 5.89. The van der Waals surface area contributed by atoms with Gasteiger partial charge in [-0.25, -0.2) is 4.79 Å². The van der Waals surface area contributed by atoms with Gasteiger partial charge in [0.1, 0.15) is 12.0 Å². The average molecular weight is 274 g/mol. The number of nitrogens with one attached hydrogen (secondary N) is 1. The van der Waals surface area contributed by atoms with Crippen LogP contribution in [0.4, 0.5) is 5.69 Å². The number of furan rings is 1. The minimum Gasteiger partial charge on any atom is -0.467 e. The lowest BCUT2D eigenvalue weighted by atomic mass is 10.2. The first-order chi connectivity index (χ1) is 9.60. The number of anilines is 1. The Bertz CT molecular complexity index is 616. The maximum Gasteiger partial charge on any atom is 0.341 e.